The van der Waals surface area contributed by atoms with Gasteiger partial charge in [-0.15, -0.1) is 0 Å². The third-order valence-corrected chi connectivity index (χ3v) is 6.83. The van der Waals surface area contributed by atoms with E-state index in [4.69, 9.17) is 9.72 Å². The van der Waals surface area contributed by atoms with E-state index in [1.807, 2.05) is 81.4 Å². The van der Waals surface area contributed by atoms with Gasteiger partial charge in [0.1, 0.15) is 16.8 Å². The van der Waals surface area contributed by atoms with E-state index in [9.17, 15) is 10.1 Å². The number of benzene rings is 3. The average molecular weight is 494 g/mol. The Bertz CT molecular complexity index is 1420. The molecule has 4 rings (SSSR count). The lowest BCUT2D eigenvalue weighted by molar-refractivity contribution is -0.113. The number of nitrogens with zero attached hydrogens (tertiary/aromatic N) is 2. The minimum Gasteiger partial charge on any atom is -0.497 e. The van der Waals surface area contributed by atoms with Crippen molar-refractivity contribution in [2.24, 2.45) is 0 Å². The molecule has 4 aromatic rings. The highest BCUT2D eigenvalue weighted by atomic mass is 32.2. The maximum absolute atomic E-state index is 12.9. The molecule has 0 unspecified atom stereocenters. The molecule has 1 N–H and O–H groups in total. The number of aromatic nitrogens is 1. The van der Waals surface area contributed by atoms with Crippen LogP contribution in [0.5, 0.6) is 5.75 Å². The van der Waals surface area contributed by atoms with Crippen molar-refractivity contribution in [3.05, 3.63) is 95.1 Å². The Hall–Kier alpha value is -4.08. The molecule has 6 heteroatoms. The molecule has 0 atom stereocenters. The second-order valence-corrected chi connectivity index (χ2v) is 9.52. The van der Waals surface area contributed by atoms with Crippen molar-refractivity contribution in [3.8, 4) is 34.2 Å². The van der Waals surface area contributed by atoms with Crippen LogP contribution in [0.1, 0.15) is 22.3 Å². The fourth-order valence-electron chi connectivity index (χ4n) is 4.18. The molecule has 0 aliphatic heterocycles. The largest absolute Gasteiger partial charge is 0.497 e. The summed E-state index contributed by atoms with van der Waals surface area (Å²) in [7, 11) is 1.62. The number of carbonyl (C=O) groups excluding carboxylic acids is 1. The van der Waals surface area contributed by atoms with Crippen LogP contribution < -0.4 is 10.1 Å². The highest BCUT2D eigenvalue weighted by Crippen LogP contribution is 2.35. The number of pyridine rings is 1. The maximum Gasteiger partial charge on any atom is 0.234 e. The molecule has 0 radical (unpaired) electrons. The van der Waals surface area contributed by atoms with Gasteiger partial charge in [0.15, 0.2) is 0 Å². The number of rotatable bonds is 7. The van der Waals surface area contributed by atoms with Crippen LogP contribution in [-0.4, -0.2) is 23.8 Å². The molecule has 1 aromatic heterocycles. The van der Waals surface area contributed by atoms with E-state index in [2.05, 4.69) is 23.5 Å². The molecule has 0 aliphatic carbocycles. The van der Waals surface area contributed by atoms with Crippen LogP contribution in [0.2, 0.25) is 0 Å². The summed E-state index contributed by atoms with van der Waals surface area (Å²) >= 11 is 1.27. The molecule has 0 bridgehead atoms. The first-order chi connectivity index (χ1) is 17.4. The van der Waals surface area contributed by atoms with Gasteiger partial charge in [-0.25, -0.2) is 4.98 Å². The Kier molecular flexibility index (Phi) is 7.72. The predicted molar refractivity (Wildman–Crippen MR) is 146 cm³/mol. The van der Waals surface area contributed by atoms with Gasteiger partial charge in [0, 0.05) is 16.8 Å². The molecule has 0 spiro atoms. The van der Waals surface area contributed by atoms with Crippen LogP contribution in [0.15, 0.2) is 77.8 Å². The van der Waals surface area contributed by atoms with Gasteiger partial charge < -0.3 is 10.1 Å². The molecule has 0 saturated carbocycles. The molecule has 0 saturated heterocycles. The molecule has 1 heterocycles. The quantitative estimate of drug-likeness (QED) is 0.282. The van der Waals surface area contributed by atoms with Gasteiger partial charge >= 0.3 is 0 Å². The Balaban J connectivity index is 1.68. The van der Waals surface area contributed by atoms with Crippen molar-refractivity contribution >= 4 is 23.4 Å². The van der Waals surface area contributed by atoms with Crippen LogP contribution in [0.4, 0.5) is 5.69 Å². The van der Waals surface area contributed by atoms with Gasteiger partial charge in [-0.2, -0.15) is 5.26 Å². The fraction of sp³-hybridized carbons (Fsp3) is 0.167. The Labute approximate surface area is 216 Å². The lowest BCUT2D eigenvalue weighted by Gasteiger charge is -2.14. The van der Waals surface area contributed by atoms with Gasteiger partial charge in [-0.1, -0.05) is 71.9 Å². The van der Waals surface area contributed by atoms with Gasteiger partial charge in [0.05, 0.1) is 24.1 Å². The van der Waals surface area contributed by atoms with Crippen molar-refractivity contribution < 1.29 is 9.53 Å². The number of amides is 1. The van der Waals surface area contributed by atoms with E-state index in [1.165, 1.54) is 11.8 Å². The SMILES string of the molecule is COc1ccc(-c2cc(-c3ccccc3)nc(SCC(=O)Nc3c(C)cc(C)cc3C)c2C#N)cc1. The van der Waals surface area contributed by atoms with Crippen LogP contribution in [0.3, 0.4) is 0 Å². The number of nitriles is 1. The Morgan fingerprint density at radius 1 is 0.972 bits per heavy atom. The first-order valence-electron chi connectivity index (χ1n) is 11.5. The lowest BCUT2D eigenvalue weighted by Crippen LogP contribution is -2.16. The van der Waals surface area contributed by atoms with Crippen LogP contribution in [-0.2, 0) is 4.79 Å². The lowest BCUT2D eigenvalue weighted by atomic mass is 9.99. The molecule has 0 aliphatic rings. The van der Waals surface area contributed by atoms with E-state index >= 15 is 0 Å². The normalized spacial score (nSPS) is 10.5. The number of hydrogen-bond donors (Lipinski definition) is 1. The third-order valence-electron chi connectivity index (χ3n) is 5.85. The van der Waals surface area contributed by atoms with Crippen molar-refractivity contribution in [2.45, 2.75) is 25.8 Å². The molecule has 3 aromatic carbocycles. The summed E-state index contributed by atoms with van der Waals surface area (Å²) < 4.78 is 5.29. The number of ether oxygens (including phenoxy) is 1. The highest BCUT2D eigenvalue weighted by Gasteiger charge is 2.18. The second kappa shape index (κ2) is 11.1. The highest BCUT2D eigenvalue weighted by molar-refractivity contribution is 8.00. The van der Waals surface area contributed by atoms with E-state index < -0.39 is 0 Å². The van der Waals surface area contributed by atoms with Crippen molar-refractivity contribution in [1.82, 2.24) is 4.98 Å². The van der Waals surface area contributed by atoms with Gasteiger partial charge in [0.25, 0.3) is 0 Å². The zero-order valence-corrected chi connectivity index (χ0v) is 21.6. The molecule has 5 nitrogen and oxygen atoms in total. The summed E-state index contributed by atoms with van der Waals surface area (Å²) in [6, 6.07) is 25.8. The van der Waals surface area contributed by atoms with E-state index in [0.717, 1.165) is 50.5 Å². The smallest absolute Gasteiger partial charge is 0.234 e. The second-order valence-electron chi connectivity index (χ2n) is 8.55. The molecule has 0 fully saturated rings. The van der Waals surface area contributed by atoms with Crippen molar-refractivity contribution in [1.29, 1.82) is 5.26 Å². The van der Waals surface area contributed by atoms with Gasteiger partial charge in [-0.3, -0.25) is 4.79 Å². The number of methoxy groups -OCH3 is 1. The van der Waals surface area contributed by atoms with Gasteiger partial charge in [0.2, 0.25) is 5.91 Å². The number of anilines is 1. The van der Waals surface area contributed by atoms with E-state index in [1.54, 1.807) is 7.11 Å². The molecule has 36 heavy (non-hydrogen) atoms. The number of aryl methyl sites for hydroxylation is 3. The monoisotopic (exact) mass is 493 g/mol. The first kappa shape index (κ1) is 25.0. The number of nitrogens with one attached hydrogen (secondary N) is 1. The molecular formula is C30H27N3O2S. The summed E-state index contributed by atoms with van der Waals surface area (Å²) in [4.78, 5) is 17.7. The minimum atomic E-state index is -0.142. The third kappa shape index (κ3) is 5.59. The zero-order valence-electron chi connectivity index (χ0n) is 20.8. The minimum absolute atomic E-state index is 0.134. The van der Waals surface area contributed by atoms with Crippen molar-refractivity contribution in [2.75, 3.05) is 18.2 Å². The molecule has 1 amide bonds. The summed E-state index contributed by atoms with van der Waals surface area (Å²) in [5, 5.41) is 13.7. The summed E-state index contributed by atoms with van der Waals surface area (Å²) in [5.41, 5.74) is 7.80. The zero-order chi connectivity index (χ0) is 25.7. The van der Waals surface area contributed by atoms with E-state index in [-0.39, 0.29) is 11.7 Å². The number of hydrogen-bond acceptors (Lipinski definition) is 5. The summed E-state index contributed by atoms with van der Waals surface area (Å²) in [6.45, 7) is 6.02. The van der Waals surface area contributed by atoms with Crippen LogP contribution >= 0.6 is 11.8 Å². The predicted octanol–water partition coefficient (Wildman–Crippen LogP) is 6.95. The Morgan fingerprint density at radius 2 is 1.64 bits per heavy atom. The topological polar surface area (TPSA) is 75.0 Å². The van der Waals surface area contributed by atoms with Gasteiger partial charge in [-0.05, 0) is 55.7 Å². The average Bonchev–Trinajstić information content (AvgIpc) is 2.89. The van der Waals surface area contributed by atoms with E-state index in [0.29, 0.717) is 10.6 Å². The van der Waals surface area contributed by atoms with Crippen molar-refractivity contribution in [3.63, 3.8) is 0 Å². The standard InChI is InChI=1S/C30H27N3O2S/c1-19-14-20(2)29(21(3)15-19)33-28(34)18-36-30-26(17-31)25(22-10-12-24(35-4)13-11-22)16-27(32-30)23-8-6-5-7-9-23/h5-16H,18H2,1-4H3,(H,33,34). The van der Waals surface area contributed by atoms with Crippen LogP contribution in [0.25, 0.3) is 22.4 Å². The maximum atomic E-state index is 12.9. The summed E-state index contributed by atoms with van der Waals surface area (Å²) in [5.74, 6) is 0.730. The fourth-order valence-corrected chi connectivity index (χ4v) is 4.98. The molecular weight excluding hydrogens is 466 g/mol. The molecule has 180 valence electrons. The number of carbonyl (C=O) groups is 1. The summed E-state index contributed by atoms with van der Waals surface area (Å²) in [6.07, 6.45) is 0. The Morgan fingerprint density at radius 3 is 2.25 bits per heavy atom. The number of thioether (sulfide) groups is 1. The first-order valence-corrected chi connectivity index (χ1v) is 12.5. The van der Waals surface area contributed by atoms with Crippen LogP contribution in [0, 0.1) is 32.1 Å².